The van der Waals surface area contributed by atoms with E-state index in [4.69, 9.17) is 5.11 Å². The van der Waals surface area contributed by atoms with Gasteiger partial charge in [0.15, 0.2) is 0 Å². The molecule has 1 aromatic carbocycles. The fourth-order valence-electron chi connectivity index (χ4n) is 2.03. The van der Waals surface area contributed by atoms with Gasteiger partial charge in [-0.15, -0.1) is 0 Å². The second-order valence-electron chi connectivity index (χ2n) is 4.62. The molecule has 2 N–H and O–H groups in total. The van der Waals surface area contributed by atoms with E-state index in [2.05, 4.69) is 10.4 Å². The van der Waals surface area contributed by atoms with Gasteiger partial charge in [-0.3, -0.25) is 9.48 Å². The predicted molar refractivity (Wildman–Crippen MR) is 71.9 cm³/mol. The number of rotatable bonds is 3. The van der Waals surface area contributed by atoms with Gasteiger partial charge in [-0.1, -0.05) is 0 Å². The Morgan fingerprint density at radius 2 is 2.15 bits per heavy atom. The van der Waals surface area contributed by atoms with Crippen LogP contribution in [0.2, 0.25) is 0 Å². The molecule has 0 unspecified atom stereocenters. The monoisotopic (exact) mass is 277 g/mol. The third-order valence-corrected chi connectivity index (χ3v) is 3.28. The standard InChI is InChI=1S/C14H16FN3O2/c1-8-12(9(2)18(3)17-8)7-16-14(20)11-5-4-10(19)6-13(11)15/h4-6,19H,7H2,1-3H3,(H,16,20). The lowest BCUT2D eigenvalue weighted by molar-refractivity contribution is 0.0947. The molecule has 0 aliphatic rings. The van der Waals surface area contributed by atoms with Crippen molar-refractivity contribution in [3.63, 3.8) is 0 Å². The Bertz CT molecular complexity index is 665. The lowest BCUT2D eigenvalue weighted by Crippen LogP contribution is -2.24. The molecule has 0 atom stereocenters. The van der Waals surface area contributed by atoms with Crippen LogP contribution < -0.4 is 5.32 Å². The average molecular weight is 277 g/mol. The molecule has 106 valence electrons. The largest absolute Gasteiger partial charge is 0.508 e. The number of amides is 1. The number of carbonyl (C=O) groups is 1. The molecule has 0 bridgehead atoms. The number of hydrogen-bond acceptors (Lipinski definition) is 3. The molecule has 5 nitrogen and oxygen atoms in total. The summed E-state index contributed by atoms with van der Waals surface area (Å²) >= 11 is 0. The number of carbonyl (C=O) groups excluding carboxylic acids is 1. The molecule has 1 heterocycles. The lowest BCUT2D eigenvalue weighted by Gasteiger charge is -2.07. The first kappa shape index (κ1) is 14.0. The van der Waals surface area contributed by atoms with Gasteiger partial charge in [0.05, 0.1) is 11.3 Å². The molecule has 6 heteroatoms. The first-order valence-electron chi connectivity index (χ1n) is 6.16. The van der Waals surface area contributed by atoms with Crippen molar-refractivity contribution in [2.24, 2.45) is 7.05 Å². The fraction of sp³-hybridized carbons (Fsp3) is 0.286. The Kier molecular flexibility index (Phi) is 3.74. The lowest BCUT2D eigenvalue weighted by atomic mass is 10.1. The number of aromatic hydroxyl groups is 1. The number of phenolic OH excluding ortho intramolecular Hbond substituents is 1. The zero-order valence-corrected chi connectivity index (χ0v) is 11.6. The Labute approximate surface area is 116 Å². The van der Waals surface area contributed by atoms with Gasteiger partial charge in [0, 0.05) is 30.9 Å². The molecule has 1 amide bonds. The van der Waals surface area contributed by atoms with Gasteiger partial charge in [-0.2, -0.15) is 5.10 Å². The van der Waals surface area contributed by atoms with E-state index in [9.17, 15) is 9.18 Å². The molecule has 0 spiro atoms. The minimum atomic E-state index is -0.748. The summed E-state index contributed by atoms with van der Waals surface area (Å²) in [7, 11) is 1.83. The van der Waals surface area contributed by atoms with E-state index in [1.807, 2.05) is 20.9 Å². The Morgan fingerprint density at radius 3 is 2.70 bits per heavy atom. The van der Waals surface area contributed by atoms with Crippen molar-refractivity contribution in [3.05, 3.63) is 46.5 Å². The minimum absolute atomic E-state index is 0.0954. The van der Waals surface area contributed by atoms with Gasteiger partial charge in [0.2, 0.25) is 0 Å². The fourth-order valence-corrected chi connectivity index (χ4v) is 2.03. The first-order valence-corrected chi connectivity index (χ1v) is 6.16. The van der Waals surface area contributed by atoms with Crippen LogP contribution in [0.25, 0.3) is 0 Å². The Hall–Kier alpha value is -2.37. The van der Waals surface area contributed by atoms with Gasteiger partial charge < -0.3 is 10.4 Å². The summed E-state index contributed by atoms with van der Waals surface area (Å²) < 4.78 is 15.3. The second kappa shape index (κ2) is 5.32. The Balaban J connectivity index is 2.12. The maximum Gasteiger partial charge on any atom is 0.254 e. The quantitative estimate of drug-likeness (QED) is 0.899. The van der Waals surface area contributed by atoms with Gasteiger partial charge in [0.1, 0.15) is 11.6 Å². The van der Waals surface area contributed by atoms with Crippen LogP contribution in [0.4, 0.5) is 4.39 Å². The normalized spacial score (nSPS) is 10.6. The topological polar surface area (TPSA) is 67.2 Å². The summed E-state index contributed by atoms with van der Waals surface area (Å²) in [5.74, 6) is -1.48. The third kappa shape index (κ3) is 2.64. The van der Waals surface area contributed by atoms with Gasteiger partial charge in [-0.25, -0.2) is 4.39 Å². The molecular formula is C14H16FN3O2. The molecule has 1 aromatic heterocycles. The highest BCUT2D eigenvalue weighted by Gasteiger charge is 2.14. The Morgan fingerprint density at radius 1 is 1.45 bits per heavy atom. The SMILES string of the molecule is Cc1nn(C)c(C)c1CNC(=O)c1ccc(O)cc1F. The summed E-state index contributed by atoms with van der Waals surface area (Å²) in [6.45, 7) is 4.04. The van der Waals surface area contributed by atoms with E-state index >= 15 is 0 Å². The van der Waals surface area contributed by atoms with Crippen LogP contribution in [0, 0.1) is 19.7 Å². The van der Waals surface area contributed by atoms with E-state index in [-0.39, 0.29) is 17.9 Å². The van der Waals surface area contributed by atoms with Crippen molar-refractivity contribution in [2.45, 2.75) is 20.4 Å². The highest BCUT2D eigenvalue weighted by Crippen LogP contribution is 2.16. The van der Waals surface area contributed by atoms with Crippen LogP contribution in [0.1, 0.15) is 27.3 Å². The molecule has 2 aromatic rings. The summed E-state index contributed by atoms with van der Waals surface area (Å²) in [6, 6.07) is 3.44. The molecule has 0 saturated heterocycles. The number of aromatic nitrogens is 2. The highest BCUT2D eigenvalue weighted by molar-refractivity contribution is 5.94. The van der Waals surface area contributed by atoms with Crippen molar-refractivity contribution in [2.75, 3.05) is 0 Å². The second-order valence-corrected chi connectivity index (χ2v) is 4.62. The van der Waals surface area contributed by atoms with Crippen LogP contribution in [0.15, 0.2) is 18.2 Å². The van der Waals surface area contributed by atoms with E-state index in [1.165, 1.54) is 12.1 Å². The zero-order valence-electron chi connectivity index (χ0n) is 11.6. The number of nitrogens with one attached hydrogen (secondary N) is 1. The summed E-state index contributed by atoms with van der Waals surface area (Å²) in [5, 5.41) is 16.0. The smallest absolute Gasteiger partial charge is 0.254 e. The number of nitrogens with zero attached hydrogens (tertiary/aromatic N) is 2. The average Bonchev–Trinajstić information content (AvgIpc) is 2.61. The van der Waals surface area contributed by atoms with Crippen molar-refractivity contribution in [1.82, 2.24) is 15.1 Å². The van der Waals surface area contributed by atoms with Gasteiger partial charge >= 0.3 is 0 Å². The molecule has 2 rings (SSSR count). The van der Waals surface area contributed by atoms with Crippen LogP contribution in [-0.2, 0) is 13.6 Å². The van der Waals surface area contributed by atoms with Crippen molar-refractivity contribution >= 4 is 5.91 Å². The zero-order chi connectivity index (χ0) is 14.9. The highest BCUT2D eigenvalue weighted by atomic mass is 19.1. The van der Waals surface area contributed by atoms with E-state index < -0.39 is 11.7 Å². The number of phenols is 1. The van der Waals surface area contributed by atoms with E-state index in [0.29, 0.717) is 0 Å². The van der Waals surface area contributed by atoms with Crippen LogP contribution >= 0.6 is 0 Å². The number of aryl methyl sites for hydroxylation is 2. The van der Waals surface area contributed by atoms with Gasteiger partial charge in [0.25, 0.3) is 5.91 Å². The van der Waals surface area contributed by atoms with Crippen molar-refractivity contribution in [3.8, 4) is 5.75 Å². The molecule has 0 saturated carbocycles. The summed E-state index contributed by atoms with van der Waals surface area (Å²) in [4.78, 5) is 11.9. The first-order chi connectivity index (χ1) is 9.40. The maximum absolute atomic E-state index is 13.6. The van der Waals surface area contributed by atoms with Gasteiger partial charge in [-0.05, 0) is 26.0 Å². The molecule has 0 fully saturated rings. The van der Waals surface area contributed by atoms with Crippen molar-refractivity contribution in [1.29, 1.82) is 0 Å². The van der Waals surface area contributed by atoms with Crippen LogP contribution in [-0.4, -0.2) is 20.8 Å². The third-order valence-electron chi connectivity index (χ3n) is 3.28. The molecule has 0 radical (unpaired) electrons. The van der Waals surface area contributed by atoms with Crippen molar-refractivity contribution < 1.29 is 14.3 Å². The van der Waals surface area contributed by atoms with Crippen LogP contribution in [0.3, 0.4) is 0 Å². The minimum Gasteiger partial charge on any atom is -0.508 e. The van der Waals surface area contributed by atoms with E-state index in [0.717, 1.165) is 23.0 Å². The number of benzene rings is 1. The molecular weight excluding hydrogens is 261 g/mol. The number of halogens is 1. The summed E-state index contributed by atoms with van der Waals surface area (Å²) in [5.41, 5.74) is 2.60. The predicted octanol–water partition coefficient (Wildman–Crippen LogP) is 1.81. The van der Waals surface area contributed by atoms with E-state index in [1.54, 1.807) is 4.68 Å². The maximum atomic E-state index is 13.6. The molecule has 0 aliphatic carbocycles. The summed E-state index contributed by atoms with van der Waals surface area (Å²) in [6.07, 6.45) is 0. The molecule has 0 aliphatic heterocycles. The van der Waals surface area contributed by atoms with Crippen LogP contribution in [0.5, 0.6) is 5.75 Å². The molecule has 20 heavy (non-hydrogen) atoms. The number of hydrogen-bond donors (Lipinski definition) is 2.